The van der Waals surface area contributed by atoms with Crippen molar-refractivity contribution >= 4 is 5.82 Å². The van der Waals surface area contributed by atoms with Gasteiger partial charge in [0, 0.05) is 12.6 Å². The summed E-state index contributed by atoms with van der Waals surface area (Å²) in [5, 5.41) is 3.37. The second-order valence-electron chi connectivity index (χ2n) is 5.57. The number of aromatic nitrogens is 2. The molecule has 1 N–H and O–H groups in total. The lowest BCUT2D eigenvalue weighted by Crippen LogP contribution is -2.28. The van der Waals surface area contributed by atoms with Crippen LogP contribution in [0.5, 0.6) is 5.88 Å². The molecule has 4 heteroatoms. The molecular weight excluding hydrogens is 226 g/mol. The van der Waals surface area contributed by atoms with E-state index in [0.717, 1.165) is 18.2 Å². The molecule has 0 radical (unpaired) electrons. The van der Waals surface area contributed by atoms with Crippen LogP contribution in [0.2, 0.25) is 0 Å². The Morgan fingerprint density at radius 2 is 2.00 bits per heavy atom. The van der Waals surface area contributed by atoms with Crippen molar-refractivity contribution in [1.82, 2.24) is 9.97 Å². The van der Waals surface area contributed by atoms with Gasteiger partial charge in [-0.05, 0) is 25.2 Å². The molecule has 0 atom stereocenters. The second kappa shape index (κ2) is 6.03. The Bertz CT molecular complexity index is 389. The summed E-state index contributed by atoms with van der Waals surface area (Å²) in [6.45, 7) is 14.3. The first-order valence-electron chi connectivity index (χ1n) is 6.57. The fourth-order valence-corrected chi connectivity index (χ4v) is 1.38. The molecule has 0 saturated heterocycles. The summed E-state index contributed by atoms with van der Waals surface area (Å²) in [6, 6.07) is 1.85. The highest BCUT2D eigenvalue weighted by atomic mass is 16.5. The SMILES string of the molecule is CCOc1cc(NCC(C)(C)C(C)C)nc(C)n1. The molecule has 0 bridgehead atoms. The van der Waals surface area contributed by atoms with Crippen molar-refractivity contribution in [3.8, 4) is 5.88 Å². The van der Waals surface area contributed by atoms with Crippen LogP contribution in [0.3, 0.4) is 0 Å². The molecule has 102 valence electrons. The molecule has 0 amide bonds. The first kappa shape index (κ1) is 14.7. The fraction of sp³-hybridized carbons (Fsp3) is 0.714. The molecule has 1 rings (SSSR count). The predicted molar refractivity (Wildman–Crippen MR) is 75.0 cm³/mol. The van der Waals surface area contributed by atoms with Gasteiger partial charge < -0.3 is 10.1 Å². The molecular formula is C14H25N3O. The average molecular weight is 251 g/mol. The lowest BCUT2D eigenvalue weighted by molar-refractivity contribution is 0.269. The Morgan fingerprint density at radius 1 is 1.33 bits per heavy atom. The number of rotatable bonds is 6. The van der Waals surface area contributed by atoms with Gasteiger partial charge >= 0.3 is 0 Å². The van der Waals surface area contributed by atoms with E-state index in [1.807, 2.05) is 19.9 Å². The van der Waals surface area contributed by atoms with E-state index in [9.17, 15) is 0 Å². The van der Waals surface area contributed by atoms with E-state index in [1.54, 1.807) is 0 Å². The number of hydrogen-bond donors (Lipinski definition) is 1. The van der Waals surface area contributed by atoms with Crippen molar-refractivity contribution in [3.63, 3.8) is 0 Å². The summed E-state index contributed by atoms with van der Waals surface area (Å²) in [5.41, 5.74) is 0.227. The van der Waals surface area contributed by atoms with Crippen LogP contribution < -0.4 is 10.1 Å². The monoisotopic (exact) mass is 251 g/mol. The van der Waals surface area contributed by atoms with Gasteiger partial charge in [0.25, 0.3) is 0 Å². The largest absolute Gasteiger partial charge is 0.478 e. The van der Waals surface area contributed by atoms with Crippen LogP contribution in [0, 0.1) is 18.3 Å². The topological polar surface area (TPSA) is 47.0 Å². The third-order valence-electron chi connectivity index (χ3n) is 3.39. The number of anilines is 1. The van der Waals surface area contributed by atoms with Crippen molar-refractivity contribution in [1.29, 1.82) is 0 Å². The summed E-state index contributed by atoms with van der Waals surface area (Å²) in [5.74, 6) is 2.81. The van der Waals surface area contributed by atoms with Gasteiger partial charge in [0.05, 0.1) is 6.61 Å². The fourth-order valence-electron chi connectivity index (χ4n) is 1.38. The van der Waals surface area contributed by atoms with Crippen LogP contribution in [0.15, 0.2) is 6.07 Å². The molecule has 0 aliphatic heterocycles. The molecule has 1 heterocycles. The predicted octanol–water partition coefficient (Wildman–Crippen LogP) is 3.28. The number of aryl methyl sites for hydroxylation is 1. The van der Waals surface area contributed by atoms with E-state index >= 15 is 0 Å². The minimum Gasteiger partial charge on any atom is -0.478 e. The summed E-state index contributed by atoms with van der Waals surface area (Å²) in [4.78, 5) is 8.61. The lowest BCUT2D eigenvalue weighted by Gasteiger charge is -2.29. The highest BCUT2D eigenvalue weighted by Gasteiger charge is 2.22. The summed E-state index contributed by atoms with van der Waals surface area (Å²) in [7, 11) is 0. The van der Waals surface area contributed by atoms with Crippen molar-refractivity contribution in [2.75, 3.05) is 18.5 Å². The average Bonchev–Trinajstić information content (AvgIpc) is 2.26. The third kappa shape index (κ3) is 4.17. The minimum atomic E-state index is 0.227. The lowest BCUT2D eigenvalue weighted by atomic mass is 9.81. The Kier molecular flexibility index (Phi) is 4.93. The second-order valence-corrected chi connectivity index (χ2v) is 5.57. The van der Waals surface area contributed by atoms with Crippen LogP contribution in [0.25, 0.3) is 0 Å². The molecule has 0 aliphatic carbocycles. The van der Waals surface area contributed by atoms with Gasteiger partial charge in [0.2, 0.25) is 5.88 Å². The molecule has 0 unspecified atom stereocenters. The zero-order valence-corrected chi connectivity index (χ0v) is 12.4. The summed E-state index contributed by atoms with van der Waals surface area (Å²) in [6.07, 6.45) is 0. The van der Waals surface area contributed by atoms with E-state index in [1.165, 1.54) is 0 Å². The van der Waals surface area contributed by atoms with E-state index in [4.69, 9.17) is 4.74 Å². The van der Waals surface area contributed by atoms with Crippen molar-refractivity contribution < 1.29 is 4.74 Å². The maximum atomic E-state index is 5.42. The van der Waals surface area contributed by atoms with Crippen molar-refractivity contribution in [3.05, 3.63) is 11.9 Å². The zero-order valence-electron chi connectivity index (χ0n) is 12.4. The summed E-state index contributed by atoms with van der Waals surface area (Å²) < 4.78 is 5.42. The van der Waals surface area contributed by atoms with Crippen LogP contribution >= 0.6 is 0 Å². The molecule has 0 fully saturated rings. The van der Waals surface area contributed by atoms with Gasteiger partial charge in [0.15, 0.2) is 0 Å². The van der Waals surface area contributed by atoms with E-state index in [2.05, 4.69) is 43.0 Å². The number of nitrogens with one attached hydrogen (secondary N) is 1. The Labute approximate surface area is 110 Å². The van der Waals surface area contributed by atoms with Crippen molar-refractivity contribution in [2.24, 2.45) is 11.3 Å². The quantitative estimate of drug-likeness (QED) is 0.843. The molecule has 4 nitrogen and oxygen atoms in total. The Morgan fingerprint density at radius 3 is 2.56 bits per heavy atom. The molecule has 0 spiro atoms. The van der Waals surface area contributed by atoms with E-state index in [-0.39, 0.29) is 5.41 Å². The Hall–Kier alpha value is -1.32. The van der Waals surface area contributed by atoms with Crippen molar-refractivity contribution in [2.45, 2.75) is 41.5 Å². The maximum Gasteiger partial charge on any atom is 0.218 e. The number of ether oxygens (including phenoxy) is 1. The van der Waals surface area contributed by atoms with Gasteiger partial charge in [-0.25, -0.2) is 4.98 Å². The maximum absolute atomic E-state index is 5.42. The Balaban J connectivity index is 2.73. The van der Waals surface area contributed by atoms with Crippen LogP contribution in [-0.4, -0.2) is 23.1 Å². The van der Waals surface area contributed by atoms with Gasteiger partial charge in [-0.2, -0.15) is 4.98 Å². The first-order chi connectivity index (χ1) is 8.35. The summed E-state index contributed by atoms with van der Waals surface area (Å²) >= 11 is 0. The van der Waals surface area contributed by atoms with Crippen LogP contribution in [0.1, 0.15) is 40.4 Å². The molecule has 0 saturated carbocycles. The smallest absolute Gasteiger partial charge is 0.218 e. The van der Waals surface area contributed by atoms with Gasteiger partial charge in [-0.15, -0.1) is 0 Å². The number of hydrogen-bond acceptors (Lipinski definition) is 4. The van der Waals surface area contributed by atoms with Gasteiger partial charge in [-0.1, -0.05) is 27.7 Å². The zero-order chi connectivity index (χ0) is 13.8. The highest BCUT2D eigenvalue weighted by molar-refractivity contribution is 5.38. The molecule has 18 heavy (non-hydrogen) atoms. The molecule has 1 aromatic heterocycles. The standard InChI is InChI=1S/C14H25N3O/c1-7-18-13-8-12(16-11(4)17-13)15-9-14(5,6)10(2)3/h8,10H,7,9H2,1-6H3,(H,15,16,17). The highest BCUT2D eigenvalue weighted by Crippen LogP contribution is 2.26. The number of nitrogens with zero attached hydrogens (tertiary/aromatic N) is 2. The van der Waals surface area contributed by atoms with Gasteiger partial charge in [-0.3, -0.25) is 0 Å². The molecule has 0 aliphatic rings. The third-order valence-corrected chi connectivity index (χ3v) is 3.39. The first-order valence-corrected chi connectivity index (χ1v) is 6.57. The molecule has 0 aromatic carbocycles. The van der Waals surface area contributed by atoms with Crippen LogP contribution in [-0.2, 0) is 0 Å². The van der Waals surface area contributed by atoms with Gasteiger partial charge in [0.1, 0.15) is 11.6 Å². The van der Waals surface area contributed by atoms with Crippen LogP contribution in [0.4, 0.5) is 5.82 Å². The van der Waals surface area contributed by atoms with E-state index in [0.29, 0.717) is 18.4 Å². The minimum absolute atomic E-state index is 0.227. The molecule has 1 aromatic rings. The normalized spacial score (nSPS) is 11.7. The van der Waals surface area contributed by atoms with E-state index < -0.39 is 0 Å².